The summed E-state index contributed by atoms with van der Waals surface area (Å²) >= 11 is 0. The van der Waals surface area contributed by atoms with E-state index in [4.69, 9.17) is 0 Å². The Balaban J connectivity index is 1.65. The van der Waals surface area contributed by atoms with Crippen molar-refractivity contribution >= 4 is 27.5 Å². The van der Waals surface area contributed by atoms with E-state index in [0.29, 0.717) is 36.8 Å². The highest BCUT2D eigenvalue weighted by atomic mass is 32.2. The predicted octanol–water partition coefficient (Wildman–Crippen LogP) is 4.45. The number of amides is 2. The quantitative estimate of drug-likeness (QED) is 0.505. The predicted molar refractivity (Wildman–Crippen MR) is 139 cm³/mol. The number of rotatable bonds is 10. The van der Waals surface area contributed by atoms with Gasteiger partial charge in [0.2, 0.25) is 5.91 Å². The summed E-state index contributed by atoms with van der Waals surface area (Å²) in [6, 6.07) is 13.4. The van der Waals surface area contributed by atoms with Gasteiger partial charge in [0, 0.05) is 30.9 Å². The van der Waals surface area contributed by atoms with Crippen LogP contribution in [0.1, 0.15) is 62.4 Å². The molecule has 8 heteroatoms. The first-order valence-corrected chi connectivity index (χ1v) is 14.0. The number of carbonyl (C=O) groups excluding carboxylic acids is 2. The van der Waals surface area contributed by atoms with Crippen molar-refractivity contribution < 1.29 is 18.0 Å². The number of hydrogen-bond donors (Lipinski definition) is 2. The molecule has 2 N–H and O–H groups in total. The van der Waals surface area contributed by atoms with Crippen molar-refractivity contribution in [2.24, 2.45) is 11.8 Å². The SMILES string of the molecule is CCCc1ccc(S(=O)(=O)Nc2cccc(C(=O)N3CCCC(C(=O)NCCC(C)C)C3)c2)cc1. The summed E-state index contributed by atoms with van der Waals surface area (Å²) in [6.07, 6.45) is 4.33. The third-order valence-electron chi connectivity index (χ3n) is 6.23. The number of anilines is 1. The van der Waals surface area contributed by atoms with Crippen molar-refractivity contribution in [3.63, 3.8) is 0 Å². The highest BCUT2D eigenvalue weighted by Gasteiger charge is 2.29. The first kappa shape index (κ1) is 26.7. The summed E-state index contributed by atoms with van der Waals surface area (Å²) in [5.41, 5.74) is 1.81. The van der Waals surface area contributed by atoms with E-state index >= 15 is 0 Å². The lowest BCUT2D eigenvalue weighted by molar-refractivity contribution is -0.126. The van der Waals surface area contributed by atoms with E-state index in [0.717, 1.165) is 37.7 Å². The number of piperidine rings is 1. The minimum atomic E-state index is -3.78. The number of sulfonamides is 1. The Bertz CT molecular complexity index is 1110. The van der Waals surface area contributed by atoms with Gasteiger partial charge in [0.25, 0.3) is 15.9 Å². The van der Waals surface area contributed by atoms with Gasteiger partial charge < -0.3 is 10.2 Å². The summed E-state index contributed by atoms with van der Waals surface area (Å²) < 4.78 is 28.3. The van der Waals surface area contributed by atoms with Crippen molar-refractivity contribution in [1.29, 1.82) is 0 Å². The molecule has 1 atom stereocenters. The lowest BCUT2D eigenvalue weighted by Gasteiger charge is -2.32. The fourth-order valence-corrected chi connectivity index (χ4v) is 5.29. The molecule has 1 aliphatic heterocycles. The highest BCUT2D eigenvalue weighted by molar-refractivity contribution is 7.92. The summed E-state index contributed by atoms with van der Waals surface area (Å²) in [4.78, 5) is 27.6. The molecule has 0 aliphatic carbocycles. The van der Waals surface area contributed by atoms with Crippen LogP contribution in [0, 0.1) is 11.8 Å². The molecule has 0 bridgehead atoms. The Morgan fingerprint density at radius 2 is 1.86 bits per heavy atom. The molecule has 1 aliphatic rings. The molecule has 35 heavy (non-hydrogen) atoms. The number of benzene rings is 2. The third kappa shape index (κ3) is 7.56. The summed E-state index contributed by atoms with van der Waals surface area (Å²) in [5, 5.41) is 2.99. The number of aryl methyl sites for hydroxylation is 1. The second-order valence-corrected chi connectivity index (χ2v) is 11.3. The van der Waals surface area contributed by atoms with Crippen molar-refractivity contribution in [2.75, 3.05) is 24.4 Å². The molecule has 190 valence electrons. The van der Waals surface area contributed by atoms with Gasteiger partial charge in [-0.3, -0.25) is 14.3 Å². The van der Waals surface area contributed by atoms with E-state index in [1.165, 1.54) is 0 Å². The molecule has 1 unspecified atom stereocenters. The first-order chi connectivity index (χ1) is 16.7. The summed E-state index contributed by atoms with van der Waals surface area (Å²) in [5.74, 6) is 0.0892. The Labute approximate surface area is 209 Å². The zero-order chi connectivity index (χ0) is 25.4. The van der Waals surface area contributed by atoms with E-state index in [9.17, 15) is 18.0 Å². The van der Waals surface area contributed by atoms with E-state index < -0.39 is 10.0 Å². The number of likely N-dealkylation sites (tertiary alicyclic amines) is 1. The largest absolute Gasteiger partial charge is 0.356 e. The zero-order valence-electron chi connectivity index (χ0n) is 20.9. The molecule has 3 rings (SSSR count). The zero-order valence-corrected chi connectivity index (χ0v) is 21.7. The van der Waals surface area contributed by atoms with Crippen LogP contribution in [-0.4, -0.2) is 44.8 Å². The maximum Gasteiger partial charge on any atom is 0.261 e. The van der Waals surface area contributed by atoms with Crippen LogP contribution in [0.4, 0.5) is 5.69 Å². The first-order valence-electron chi connectivity index (χ1n) is 12.5. The van der Waals surface area contributed by atoms with Crippen LogP contribution in [0.5, 0.6) is 0 Å². The van der Waals surface area contributed by atoms with Crippen molar-refractivity contribution in [3.8, 4) is 0 Å². The molecule has 0 saturated carbocycles. The van der Waals surface area contributed by atoms with Gasteiger partial charge in [0.1, 0.15) is 0 Å². The average molecular weight is 500 g/mol. The van der Waals surface area contributed by atoms with Crippen LogP contribution >= 0.6 is 0 Å². The lowest BCUT2D eigenvalue weighted by Crippen LogP contribution is -2.45. The fourth-order valence-electron chi connectivity index (χ4n) is 4.24. The molecule has 1 saturated heterocycles. The van der Waals surface area contributed by atoms with E-state index in [-0.39, 0.29) is 22.6 Å². The lowest BCUT2D eigenvalue weighted by atomic mass is 9.96. The minimum Gasteiger partial charge on any atom is -0.356 e. The molecule has 2 aromatic carbocycles. The van der Waals surface area contributed by atoms with Gasteiger partial charge in [-0.25, -0.2) is 8.42 Å². The molecule has 0 radical (unpaired) electrons. The Hall–Kier alpha value is -2.87. The van der Waals surface area contributed by atoms with Crippen LogP contribution < -0.4 is 10.0 Å². The van der Waals surface area contributed by atoms with Crippen LogP contribution in [0.3, 0.4) is 0 Å². The Morgan fingerprint density at radius 3 is 2.54 bits per heavy atom. The molecule has 0 aromatic heterocycles. The van der Waals surface area contributed by atoms with Gasteiger partial charge in [0.15, 0.2) is 0 Å². The summed E-state index contributed by atoms with van der Waals surface area (Å²) in [7, 11) is -3.78. The molecule has 2 amide bonds. The topological polar surface area (TPSA) is 95.6 Å². The van der Waals surface area contributed by atoms with Gasteiger partial charge >= 0.3 is 0 Å². The van der Waals surface area contributed by atoms with Crippen molar-refractivity contribution in [1.82, 2.24) is 10.2 Å². The number of nitrogens with zero attached hydrogens (tertiary/aromatic N) is 1. The van der Waals surface area contributed by atoms with Crippen LogP contribution in [0.15, 0.2) is 53.4 Å². The van der Waals surface area contributed by atoms with E-state index in [2.05, 4.69) is 30.8 Å². The van der Waals surface area contributed by atoms with E-state index in [1.54, 1.807) is 41.3 Å². The van der Waals surface area contributed by atoms with Gasteiger partial charge in [-0.05, 0) is 67.5 Å². The minimum absolute atomic E-state index is 0.00499. The van der Waals surface area contributed by atoms with Crippen LogP contribution in [0.2, 0.25) is 0 Å². The van der Waals surface area contributed by atoms with Crippen LogP contribution in [-0.2, 0) is 21.2 Å². The van der Waals surface area contributed by atoms with Gasteiger partial charge in [-0.1, -0.05) is 45.4 Å². The fraction of sp³-hybridized carbons (Fsp3) is 0.481. The Morgan fingerprint density at radius 1 is 1.11 bits per heavy atom. The molecule has 7 nitrogen and oxygen atoms in total. The maximum atomic E-state index is 13.2. The number of carbonyl (C=O) groups is 2. The molecule has 0 spiro atoms. The van der Waals surface area contributed by atoms with E-state index in [1.807, 2.05) is 12.1 Å². The smallest absolute Gasteiger partial charge is 0.261 e. The van der Waals surface area contributed by atoms with Gasteiger partial charge in [-0.2, -0.15) is 0 Å². The van der Waals surface area contributed by atoms with Crippen molar-refractivity contribution in [3.05, 3.63) is 59.7 Å². The maximum absolute atomic E-state index is 13.2. The molecule has 1 heterocycles. The van der Waals surface area contributed by atoms with Gasteiger partial charge in [0.05, 0.1) is 10.8 Å². The van der Waals surface area contributed by atoms with Gasteiger partial charge in [-0.15, -0.1) is 0 Å². The molecule has 2 aromatic rings. The molecular formula is C27H37N3O4S. The summed E-state index contributed by atoms with van der Waals surface area (Å²) in [6.45, 7) is 7.90. The molecule has 1 fully saturated rings. The highest BCUT2D eigenvalue weighted by Crippen LogP contribution is 2.22. The average Bonchev–Trinajstić information content (AvgIpc) is 2.84. The second kappa shape index (κ2) is 12.2. The molecular weight excluding hydrogens is 462 g/mol. The Kier molecular flexibility index (Phi) is 9.32. The second-order valence-electron chi connectivity index (χ2n) is 9.64. The third-order valence-corrected chi connectivity index (χ3v) is 7.63. The number of hydrogen-bond acceptors (Lipinski definition) is 4. The normalized spacial score (nSPS) is 16.2. The number of nitrogens with one attached hydrogen (secondary N) is 2. The monoisotopic (exact) mass is 499 g/mol. The standard InChI is InChI=1S/C27H37N3O4S/c1-4-7-21-11-13-25(14-12-21)35(33,34)29-24-10-5-8-22(18-24)27(32)30-17-6-9-23(19-30)26(31)28-16-15-20(2)3/h5,8,10-14,18,20,23,29H,4,6-7,9,15-17,19H2,1-3H3,(H,28,31). The van der Waals surface area contributed by atoms with Crippen LogP contribution in [0.25, 0.3) is 0 Å². The van der Waals surface area contributed by atoms with Crippen molar-refractivity contribution in [2.45, 2.75) is 57.8 Å².